The molecule has 0 unspecified atom stereocenters. The van der Waals surface area contributed by atoms with Crippen molar-refractivity contribution in [2.75, 3.05) is 24.5 Å². The normalized spacial score (nSPS) is 18.0. The second-order valence-corrected chi connectivity index (χ2v) is 7.02. The Morgan fingerprint density at radius 1 is 1.04 bits per heavy atom. The number of nitrogens with zero attached hydrogens (tertiary/aromatic N) is 2. The van der Waals surface area contributed by atoms with Crippen molar-refractivity contribution in [3.63, 3.8) is 0 Å². The monoisotopic (exact) mass is 353 g/mol. The third-order valence-electron chi connectivity index (χ3n) is 5.58. The van der Waals surface area contributed by atoms with Gasteiger partial charge in [0.1, 0.15) is 5.82 Å². The smallest absolute Gasteiger partial charge is 0.314 e. The predicted octanol–water partition coefficient (Wildman–Crippen LogP) is 2.90. The summed E-state index contributed by atoms with van der Waals surface area (Å²) in [5.74, 6) is -0.401. The molecule has 2 aromatic carbocycles. The van der Waals surface area contributed by atoms with E-state index in [-0.39, 0.29) is 17.1 Å². The number of anilines is 1. The van der Waals surface area contributed by atoms with Crippen LogP contribution < -0.4 is 10.6 Å². The minimum absolute atomic E-state index is 0.0901. The second kappa shape index (κ2) is 6.12. The van der Waals surface area contributed by atoms with Gasteiger partial charge in [-0.15, -0.1) is 0 Å². The number of nitrogens with two attached hydrogens (primary N) is 1. The van der Waals surface area contributed by atoms with Crippen molar-refractivity contribution < 1.29 is 14.0 Å². The maximum Gasteiger partial charge on any atom is 0.314 e. The molecule has 0 radical (unpaired) electrons. The Labute approximate surface area is 151 Å². The summed E-state index contributed by atoms with van der Waals surface area (Å²) in [6.07, 6.45) is 1.32. The van der Waals surface area contributed by atoms with Gasteiger partial charge in [0, 0.05) is 36.3 Å². The number of rotatable bonds is 1. The Bertz CT molecular complexity index is 861. The van der Waals surface area contributed by atoms with Crippen molar-refractivity contribution in [3.8, 4) is 0 Å². The number of urea groups is 1. The summed E-state index contributed by atoms with van der Waals surface area (Å²) in [5.41, 5.74) is 7.26. The van der Waals surface area contributed by atoms with Gasteiger partial charge >= 0.3 is 6.03 Å². The molecule has 0 bridgehead atoms. The lowest BCUT2D eigenvalue weighted by Crippen LogP contribution is -2.49. The van der Waals surface area contributed by atoms with Gasteiger partial charge in [0.05, 0.1) is 0 Å². The summed E-state index contributed by atoms with van der Waals surface area (Å²) >= 11 is 0. The molecule has 2 aromatic rings. The molecule has 2 heterocycles. The third-order valence-corrected chi connectivity index (χ3v) is 5.58. The average Bonchev–Trinajstić information content (AvgIpc) is 2.96. The molecule has 2 N–H and O–H groups in total. The Kier molecular flexibility index (Phi) is 3.90. The van der Waals surface area contributed by atoms with Crippen molar-refractivity contribution in [1.82, 2.24) is 4.90 Å². The summed E-state index contributed by atoms with van der Waals surface area (Å²) in [4.78, 5) is 27.8. The summed E-state index contributed by atoms with van der Waals surface area (Å²) in [5, 5.41) is 0. The fourth-order valence-corrected chi connectivity index (χ4v) is 4.14. The van der Waals surface area contributed by atoms with Crippen LogP contribution in [0.1, 0.15) is 28.8 Å². The van der Waals surface area contributed by atoms with Crippen LogP contribution in [0.3, 0.4) is 0 Å². The van der Waals surface area contributed by atoms with Crippen LogP contribution in [0, 0.1) is 5.82 Å². The zero-order valence-corrected chi connectivity index (χ0v) is 14.3. The molecule has 1 saturated heterocycles. The van der Waals surface area contributed by atoms with Crippen LogP contribution in [0.15, 0.2) is 48.5 Å². The van der Waals surface area contributed by atoms with E-state index in [1.54, 1.807) is 28.0 Å². The number of piperidine rings is 1. The largest absolute Gasteiger partial charge is 0.351 e. The molecule has 0 atom stereocenters. The van der Waals surface area contributed by atoms with Crippen LogP contribution in [-0.2, 0) is 5.41 Å². The van der Waals surface area contributed by atoms with Gasteiger partial charge in [0.25, 0.3) is 5.91 Å². The van der Waals surface area contributed by atoms with Crippen LogP contribution in [0.5, 0.6) is 0 Å². The Morgan fingerprint density at radius 3 is 2.38 bits per heavy atom. The number of amides is 3. The lowest BCUT2D eigenvalue weighted by Gasteiger charge is -2.39. The van der Waals surface area contributed by atoms with Crippen LogP contribution in [-0.4, -0.2) is 36.5 Å². The first-order chi connectivity index (χ1) is 12.5. The van der Waals surface area contributed by atoms with Gasteiger partial charge in [-0.1, -0.05) is 18.2 Å². The highest BCUT2D eigenvalue weighted by molar-refractivity contribution is 6.07. The van der Waals surface area contributed by atoms with Crippen molar-refractivity contribution in [2.24, 2.45) is 5.73 Å². The van der Waals surface area contributed by atoms with Gasteiger partial charge in [-0.2, -0.15) is 0 Å². The van der Waals surface area contributed by atoms with Gasteiger partial charge in [-0.25, -0.2) is 9.18 Å². The van der Waals surface area contributed by atoms with E-state index in [4.69, 9.17) is 5.73 Å². The van der Waals surface area contributed by atoms with Crippen LogP contribution in [0.4, 0.5) is 14.9 Å². The number of carbonyl (C=O) groups excluding carboxylic acids is 2. The van der Waals surface area contributed by atoms with E-state index in [0.29, 0.717) is 38.0 Å². The molecule has 0 aliphatic carbocycles. The first kappa shape index (κ1) is 16.6. The summed E-state index contributed by atoms with van der Waals surface area (Å²) < 4.78 is 14.0. The predicted molar refractivity (Wildman–Crippen MR) is 96.6 cm³/mol. The fourth-order valence-electron chi connectivity index (χ4n) is 4.14. The summed E-state index contributed by atoms with van der Waals surface area (Å²) in [6.45, 7) is 1.52. The Morgan fingerprint density at radius 2 is 1.73 bits per heavy atom. The zero-order chi connectivity index (χ0) is 18.3. The molecule has 0 aromatic heterocycles. The van der Waals surface area contributed by atoms with Gasteiger partial charge in [-0.05, 0) is 48.7 Å². The Hall–Kier alpha value is -2.89. The third kappa shape index (κ3) is 2.62. The molecule has 4 rings (SSSR count). The van der Waals surface area contributed by atoms with E-state index in [1.165, 1.54) is 12.1 Å². The van der Waals surface area contributed by atoms with E-state index in [9.17, 15) is 14.0 Å². The first-order valence-corrected chi connectivity index (χ1v) is 8.71. The van der Waals surface area contributed by atoms with Gasteiger partial charge in [-0.3, -0.25) is 4.79 Å². The minimum Gasteiger partial charge on any atom is -0.351 e. The molecule has 1 spiro atoms. The number of fused-ring (bicyclic) bond motifs is 2. The fraction of sp³-hybridized carbons (Fsp3) is 0.300. The van der Waals surface area contributed by atoms with Crippen LogP contribution in [0.25, 0.3) is 0 Å². The van der Waals surface area contributed by atoms with Crippen LogP contribution >= 0.6 is 0 Å². The standard InChI is InChI=1S/C20H20FN3O2/c21-15-6-7-17-16(12-15)20(8-10-23(11-9-20)19(22)26)13-24(17)18(25)14-4-2-1-3-5-14/h1-7,12H,8-11,13H2,(H2,22,26). The van der Waals surface area contributed by atoms with Gasteiger partial charge in [0.15, 0.2) is 0 Å². The molecule has 0 saturated carbocycles. The van der Waals surface area contributed by atoms with Crippen molar-refractivity contribution in [3.05, 3.63) is 65.5 Å². The zero-order valence-electron chi connectivity index (χ0n) is 14.3. The molecule has 26 heavy (non-hydrogen) atoms. The van der Waals surface area contributed by atoms with Gasteiger partial charge < -0.3 is 15.5 Å². The van der Waals surface area contributed by atoms with Crippen LogP contribution in [0.2, 0.25) is 0 Å². The summed E-state index contributed by atoms with van der Waals surface area (Å²) in [7, 11) is 0. The van der Waals surface area contributed by atoms with Crippen molar-refractivity contribution in [1.29, 1.82) is 0 Å². The number of hydrogen-bond donors (Lipinski definition) is 1. The van der Waals surface area contributed by atoms with Crippen molar-refractivity contribution >= 4 is 17.6 Å². The molecule has 5 nitrogen and oxygen atoms in total. The lowest BCUT2D eigenvalue weighted by atomic mass is 9.74. The number of likely N-dealkylation sites (tertiary alicyclic amines) is 1. The molecular formula is C20H20FN3O2. The molecular weight excluding hydrogens is 333 g/mol. The average molecular weight is 353 g/mol. The highest BCUT2D eigenvalue weighted by Crippen LogP contribution is 2.47. The number of hydrogen-bond acceptors (Lipinski definition) is 2. The molecule has 2 aliphatic heterocycles. The number of primary amides is 1. The molecule has 134 valence electrons. The van der Waals surface area contributed by atoms with E-state index >= 15 is 0 Å². The first-order valence-electron chi connectivity index (χ1n) is 8.71. The Balaban J connectivity index is 1.70. The molecule has 2 aliphatic rings. The van der Waals surface area contributed by atoms with Gasteiger partial charge in [0.2, 0.25) is 0 Å². The molecule has 6 heteroatoms. The number of carbonyl (C=O) groups is 2. The highest BCUT2D eigenvalue weighted by Gasteiger charge is 2.47. The SMILES string of the molecule is NC(=O)N1CCC2(CC1)CN(C(=O)c1ccccc1)c1ccc(F)cc12. The molecule has 1 fully saturated rings. The van der Waals surface area contributed by atoms with E-state index < -0.39 is 6.03 Å². The maximum absolute atomic E-state index is 14.0. The molecule has 3 amide bonds. The quantitative estimate of drug-likeness (QED) is 0.857. The number of halogens is 1. The minimum atomic E-state index is -0.436. The van der Waals surface area contributed by atoms with Crippen molar-refractivity contribution in [2.45, 2.75) is 18.3 Å². The summed E-state index contributed by atoms with van der Waals surface area (Å²) in [6, 6.07) is 13.3. The maximum atomic E-state index is 14.0. The highest BCUT2D eigenvalue weighted by atomic mass is 19.1. The van der Waals surface area contributed by atoms with E-state index in [0.717, 1.165) is 11.3 Å². The lowest BCUT2D eigenvalue weighted by molar-refractivity contribution is 0.0978. The van der Waals surface area contributed by atoms with E-state index in [1.807, 2.05) is 18.2 Å². The number of benzene rings is 2. The topological polar surface area (TPSA) is 66.6 Å². The second-order valence-electron chi connectivity index (χ2n) is 7.02. The van der Waals surface area contributed by atoms with E-state index in [2.05, 4.69) is 0 Å².